The zero-order valence-corrected chi connectivity index (χ0v) is 13.8. The molecule has 2 heterocycles. The molecule has 1 aromatic rings. The van der Waals surface area contributed by atoms with Crippen molar-refractivity contribution in [3.63, 3.8) is 0 Å². The molecule has 2 atom stereocenters. The van der Waals surface area contributed by atoms with Gasteiger partial charge in [0.15, 0.2) is 0 Å². The Morgan fingerprint density at radius 2 is 2.25 bits per heavy atom. The van der Waals surface area contributed by atoms with Crippen molar-refractivity contribution in [3.8, 4) is 0 Å². The molecule has 1 aromatic heterocycles. The minimum atomic E-state index is 0.395. The molecule has 0 amide bonds. The highest BCUT2D eigenvalue weighted by atomic mass is 32.1. The quantitative estimate of drug-likeness (QED) is 0.924. The van der Waals surface area contributed by atoms with Gasteiger partial charge in [0.1, 0.15) is 5.01 Å². The highest BCUT2D eigenvalue weighted by molar-refractivity contribution is 7.11. The molecule has 1 spiro atoms. The molecule has 1 N–H and O–H groups in total. The van der Waals surface area contributed by atoms with E-state index in [0.717, 1.165) is 6.54 Å². The molecule has 0 aromatic carbocycles. The van der Waals surface area contributed by atoms with Gasteiger partial charge >= 0.3 is 0 Å². The molecule has 0 bridgehead atoms. The van der Waals surface area contributed by atoms with E-state index in [-0.39, 0.29) is 0 Å². The number of rotatable bonds is 3. The maximum atomic E-state index is 4.63. The van der Waals surface area contributed by atoms with Gasteiger partial charge in [-0.3, -0.25) is 4.90 Å². The second-order valence-corrected chi connectivity index (χ2v) is 7.85. The van der Waals surface area contributed by atoms with Crippen LogP contribution in [0.4, 0.5) is 0 Å². The fourth-order valence-electron chi connectivity index (χ4n) is 3.91. The van der Waals surface area contributed by atoms with Gasteiger partial charge in [0, 0.05) is 35.7 Å². The maximum absolute atomic E-state index is 4.63. The number of nitrogens with one attached hydrogen (secondary N) is 1. The first-order valence-electron chi connectivity index (χ1n) is 8.07. The number of aromatic nitrogens is 1. The van der Waals surface area contributed by atoms with Crippen molar-refractivity contribution in [3.05, 3.63) is 16.1 Å². The van der Waals surface area contributed by atoms with Crippen molar-refractivity contribution in [2.45, 2.75) is 70.5 Å². The van der Waals surface area contributed by atoms with E-state index < -0.39 is 0 Å². The molecule has 1 aliphatic carbocycles. The van der Waals surface area contributed by atoms with Crippen LogP contribution < -0.4 is 5.32 Å². The smallest absolute Gasteiger partial charge is 0.110 e. The van der Waals surface area contributed by atoms with E-state index in [0.29, 0.717) is 17.6 Å². The van der Waals surface area contributed by atoms with E-state index in [1.54, 1.807) is 0 Å². The Kier molecular flexibility index (Phi) is 4.16. The summed E-state index contributed by atoms with van der Waals surface area (Å²) >= 11 is 1.86. The number of aryl methyl sites for hydroxylation is 1. The average molecular weight is 293 g/mol. The van der Waals surface area contributed by atoms with Crippen molar-refractivity contribution in [1.82, 2.24) is 15.2 Å². The van der Waals surface area contributed by atoms with Gasteiger partial charge in [-0.1, -0.05) is 19.8 Å². The van der Waals surface area contributed by atoms with Crippen LogP contribution in [0, 0.1) is 6.92 Å². The van der Waals surface area contributed by atoms with E-state index in [9.17, 15) is 0 Å². The van der Waals surface area contributed by atoms with Crippen molar-refractivity contribution < 1.29 is 0 Å². The average Bonchev–Trinajstić information content (AvgIpc) is 3.08. The third kappa shape index (κ3) is 2.66. The fraction of sp³-hybridized carbons (Fsp3) is 0.812. The molecule has 2 fully saturated rings. The van der Waals surface area contributed by atoms with E-state index in [1.807, 2.05) is 17.5 Å². The van der Waals surface area contributed by atoms with Crippen LogP contribution in [-0.2, 0) is 0 Å². The number of hydrogen-bond donors (Lipinski definition) is 1. The van der Waals surface area contributed by atoms with Crippen molar-refractivity contribution in [2.75, 3.05) is 13.1 Å². The molecular weight excluding hydrogens is 266 g/mol. The third-order valence-corrected chi connectivity index (χ3v) is 6.28. The molecule has 3 rings (SSSR count). The van der Waals surface area contributed by atoms with Crippen molar-refractivity contribution in [2.24, 2.45) is 0 Å². The standard InChI is InChI=1S/C16H27N3S/c1-4-14-10-18-16(7-5-6-8-16)11-19(14)13(3)15-17-9-12(2)20-15/h9,13-14,18H,4-8,10-11H2,1-3H3. The maximum Gasteiger partial charge on any atom is 0.110 e. The molecule has 112 valence electrons. The van der Waals surface area contributed by atoms with Gasteiger partial charge in [0.2, 0.25) is 0 Å². The van der Waals surface area contributed by atoms with Gasteiger partial charge in [-0.05, 0) is 33.1 Å². The van der Waals surface area contributed by atoms with Crippen LogP contribution in [0.15, 0.2) is 6.20 Å². The number of nitrogens with zero attached hydrogens (tertiary/aromatic N) is 2. The zero-order chi connectivity index (χ0) is 14.2. The first kappa shape index (κ1) is 14.5. The molecular formula is C16H27N3S. The highest BCUT2D eigenvalue weighted by Gasteiger charge is 2.42. The van der Waals surface area contributed by atoms with Crippen LogP contribution in [0.3, 0.4) is 0 Å². The van der Waals surface area contributed by atoms with Gasteiger partial charge in [-0.15, -0.1) is 11.3 Å². The molecule has 2 aliphatic rings. The molecule has 1 aliphatic heterocycles. The lowest BCUT2D eigenvalue weighted by molar-refractivity contribution is 0.0461. The van der Waals surface area contributed by atoms with E-state index in [1.165, 1.54) is 48.5 Å². The summed E-state index contributed by atoms with van der Waals surface area (Å²) in [6.07, 6.45) is 8.72. The number of hydrogen-bond acceptors (Lipinski definition) is 4. The Morgan fingerprint density at radius 3 is 2.85 bits per heavy atom. The Morgan fingerprint density at radius 1 is 1.50 bits per heavy atom. The highest BCUT2D eigenvalue weighted by Crippen LogP contribution is 2.37. The second-order valence-electron chi connectivity index (χ2n) is 6.59. The van der Waals surface area contributed by atoms with Crippen LogP contribution >= 0.6 is 11.3 Å². The van der Waals surface area contributed by atoms with E-state index in [2.05, 4.69) is 36.0 Å². The summed E-state index contributed by atoms with van der Waals surface area (Å²) in [5.41, 5.74) is 0.395. The summed E-state index contributed by atoms with van der Waals surface area (Å²) in [7, 11) is 0. The summed E-state index contributed by atoms with van der Waals surface area (Å²) in [6, 6.07) is 1.11. The Balaban J connectivity index is 1.79. The summed E-state index contributed by atoms with van der Waals surface area (Å²) in [5.74, 6) is 0. The third-order valence-electron chi connectivity index (χ3n) is 5.19. The van der Waals surface area contributed by atoms with Gasteiger partial charge in [0.05, 0.1) is 6.04 Å². The first-order chi connectivity index (χ1) is 9.63. The van der Waals surface area contributed by atoms with Gasteiger partial charge in [-0.25, -0.2) is 4.98 Å². The lowest BCUT2D eigenvalue weighted by Crippen LogP contribution is -2.63. The molecule has 0 radical (unpaired) electrons. The van der Waals surface area contributed by atoms with Crippen LogP contribution in [0.2, 0.25) is 0 Å². The lowest BCUT2D eigenvalue weighted by Gasteiger charge is -2.48. The predicted octanol–water partition coefficient (Wildman–Crippen LogP) is 3.51. The van der Waals surface area contributed by atoms with Gasteiger partial charge in [-0.2, -0.15) is 0 Å². The van der Waals surface area contributed by atoms with Crippen LogP contribution in [-0.4, -0.2) is 34.6 Å². The SMILES string of the molecule is CCC1CNC2(CCCC2)CN1C(C)c1ncc(C)s1. The van der Waals surface area contributed by atoms with Crippen LogP contribution in [0.5, 0.6) is 0 Å². The predicted molar refractivity (Wildman–Crippen MR) is 85.3 cm³/mol. The Labute approximate surface area is 126 Å². The van der Waals surface area contributed by atoms with Crippen molar-refractivity contribution >= 4 is 11.3 Å². The molecule has 3 nitrogen and oxygen atoms in total. The summed E-state index contributed by atoms with van der Waals surface area (Å²) in [5, 5.41) is 5.17. The normalized spacial score (nSPS) is 28.1. The monoisotopic (exact) mass is 293 g/mol. The Bertz CT molecular complexity index is 450. The van der Waals surface area contributed by atoms with Crippen LogP contribution in [0.1, 0.15) is 61.9 Å². The molecule has 20 heavy (non-hydrogen) atoms. The largest absolute Gasteiger partial charge is 0.308 e. The Hall–Kier alpha value is -0.450. The topological polar surface area (TPSA) is 28.2 Å². The van der Waals surface area contributed by atoms with E-state index in [4.69, 9.17) is 0 Å². The fourth-order valence-corrected chi connectivity index (χ4v) is 4.76. The zero-order valence-electron chi connectivity index (χ0n) is 13.0. The molecule has 4 heteroatoms. The molecule has 1 saturated carbocycles. The lowest BCUT2D eigenvalue weighted by atomic mass is 9.90. The van der Waals surface area contributed by atoms with Crippen LogP contribution in [0.25, 0.3) is 0 Å². The number of thiazole rings is 1. The minimum absolute atomic E-state index is 0.395. The minimum Gasteiger partial charge on any atom is -0.308 e. The summed E-state index contributed by atoms with van der Waals surface area (Å²) in [6.45, 7) is 9.15. The van der Waals surface area contributed by atoms with E-state index >= 15 is 0 Å². The van der Waals surface area contributed by atoms with Crippen molar-refractivity contribution in [1.29, 1.82) is 0 Å². The van der Waals surface area contributed by atoms with Gasteiger partial charge < -0.3 is 5.32 Å². The molecule has 1 saturated heterocycles. The van der Waals surface area contributed by atoms with Gasteiger partial charge in [0.25, 0.3) is 0 Å². The first-order valence-corrected chi connectivity index (χ1v) is 8.88. The second kappa shape index (κ2) is 5.74. The molecule has 2 unspecified atom stereocenters. The summed E-state index contributed by atoms with van der Waals surface area (Å²) < 4.78 is 0. The number of piperazine rings is 1. The summed E-state index contributed by atoms with van der Waals surface area (Å²) in [4.78, 5) is 8.68.